The van der Waals surface area contributed by atoms with Crippen LogP contribution in [-0.4, -0.2) is 30.1 Å². The maximum Gasteiger partial charge on any atom is 0.0237 e. The fourth-order valence-electron chi connectivity index (χ4n) is 2.65. The lowest BCUT2D eigenvalue weighted by molar-refractivity contribution is 0.177. The molecule has 1 N–H and O–H groups in total. The summed E-state index contributed by atoms with van der Waals surface area (Å²) in [5, 5.41) is 3.65. The predicted molar refractivity (Wildman–Crippen MR) is 85.3 cm³/mol. The first-order valence-electron chi connectivity index (χ1n) is 7.37. The highest BCUT2D eigenvalue weighted by Gasteiger charge is 2.18. The van der Waals surface area contributed by atoms with E-state index in [0.29, 0.717) is 12.1 Å². The molecule has 19 heavy (non-hydrogen) atoms. The van der Waals surface area contributed by atoms with Gasteiger partial charge in [0.15, 0.2) is 0 Å². The summed E-state index contributed by atoms with van der Waals surface area (Å²) in [5.41, 5.74) is 1.40. The maximum atomic E-state index is 3.65. The molecule has 1 saturated heterocycles. The van der Waals surface area contributed by atoms with Gasteiger partial charge in [-0.05, 0) is 50.9 Å². The fourth-order valence-corrected chi connectivity index (χ4v) is 2.91. The average Bonchev–Trinajstić information content (AvgIpc) is 2.41. The molecule has 0 amide bonds. The number of halogens is 1. The number of hydrogen-bond acceptors (Lipinski definition) is 2. The lowest BCUT2D eigenvalue weighted by atomic mass is 10.0. The third-order valence-corrected chi connectivity index (χ3v) is 4.43. The highest BCUT2D eigenvalue weighted by atomic mass is 79.9. The molecule has 0 bridgehead atoms. The monoisotopic (exact) mass is 324 g/mol. The minimum Gasteiger partial charge on any atom is -0.313 e. The number of benzene rings is 1. The minimum absolute atomic E-state index is 0.590. The SMILES string of the molecule is CC(C)N(Cc1ccc(Br)cc1)CC1CCCCN1. The number of nitrogens with one attached hydrogen (secondary N) is 1. The molecule has 3 heteroatoms. The third kappa shape index (κ3) is 4.90. The molecule has 0 aliphatic carbocycles. The van der Waals surface area contributed by atoms with Gasteiger partial charge in [0, 0.05) is 29.6 Å². The summed E-state index contributed by atoms with van der Waals surface area (Å²) in [4.78, 5) is 2.58. The van der Waals surface area contributed by atoms with Crippen molar-refractivity contribution in [1.29, 1.82) is 0 Å². The van der Waals surface area contributed by atoms with Crippen LogP contribution in [-0.2, 0) is 6.54 Å². The van der Waals surface area contributed by atoms with E-state index in [9.17, 15) is 0 Å². The molecule has 106 valence electrons. The largest absolute Gasteiger partial charge is 0.313 e. The minimum atomic E-state index is 0.590. The van der Waals surface area contributed by atoms with Crippen LogP contribution in [0.25, 0.3) is 0 Å². The van der Waals surface area contributed by atoms with Crippen molar-refractivity contribution in [3.8, 4) is 0 Å². The zero-order valence-electron chi connectivity index (χ0n) is 12.0. The molecule has 2 rings (SSSR count). The van der Waals surface area contributed by atoms with Crippen molar-refractivity contribution in [3.05, 3.63) is 34.3 Å². The van der Waals surface area contributed by atoms with Crippen molar-refractivity contribution in [2.45, 2.75) is 51.7 Å². The van der Waals surface area contributed by atoms with Crippen molar-refractivity contribution in [1.82, 2.24) is 10.2 Å². The van der Waals surface area contributed by atoms with Gasteiger partial charge in [-0.15, -0.1) is 0 Å². The Labute approximate surface area is 125 Å². The van der Waals surface area contributed by atoms with Gasteiger partial charge in [0.2, 0.25) is 0 Å². The lowest BCUT2D eigenvalue weighted by Crippen LogP contribution is -2.45. The second-order valence-corrected chi connectivity index (χ2v) is 6.71. The van der Waals surface area contributed by atoms with Crippen molar-refractivity contribution in [2.24, 2.45) is 0 Å². The van der Waals surface area contributed by atoms with Crippen molar-refractivity contribution in [2.75, 3.05) is 13.1 Å². The summed E-state index contributed by atoms with van der Waals surface area (Å²) in [5.74, 6) is 0. The Kier molecular flexibility index (Phi) is 5.86. The fraction of sp³-hybridized carbons (Fsp3) is 0.625. The molecule has 1 aliphatic heterocycles. The Hall–Kier alpha value is -0.380. The van der Waals surface area contributed by atoms with Crippen molar-refractivity contribution >= 4 is 15.9 Å². The van der Waals surface area contributed by atoms with Gasteiger partial charge in [0.1, 0.15) is 0 Å². The van der Waals surface area contributed by atoms with Gasteiger partial charge in [-0.25, -0.2) is 0 Å². The summed E-state index contributed by atoms with van der Waals surface area (Å²) in [6.45, 7) is 7.98. The summed E-state index contributed by atoms with van der Waals surface area (Å²) < 4.78 is 1.15. The van der Waals surface area contributed by atoms with E-state index in [-0.39, 0.29) is 0 Å². The van der Waals surface area contributed by atoms with E-state index in [4.69, 9.17) is 0 Å². The molecule has 0 spiro atoms. The third-order valence-electron chi connectivity index (χ3n) is 3.90. The zero-order chi connectivity index (χ0) is 13.7. The van der Waals surface area contributed by atoms with Crippen LogP contribution in [0.1, 0.15) is 38.7 Å². The zero-order valence-corrected chi connectivity index (χ0v) is 13.6. The molecule has 1 atom stereocenters. The molecule has 0 radical (unpaired) electrons. The molecule has 2 nitrogen and oxygen atoms in total. The number of hydrogen-bond donors (Lipinski definition) is 1. The van der Waals surface area contributed by atoms with Gasteiger partial charge >= 0.3 is 0 Å². The van der Waals surface area contributed by atoms with E-state index in [1.165, 1.54) is 31.4 Å². The van der Waals surface area contributed by atoms with Gasteiger partial charge in [-0.1, -0.05) is 34.5 Å². The van der Waals surface area contributed by atoms with Crippen LogP contribution >= 0.6 is 15.9 Å². The molecule has 1 heterocycles. The molecule has 1 unspecified atom stereocenters. The van der Waals surface area contributed by atoms with Gasteiger partial charge in [-0.3, -0.25) is 4.90 Å². The standard InChI is InChI=1S/C16H25BrN2/c1-13(2)19(12-16-5-3-4-10-18-16)11-14-6-8-15(17)9-7-14/h6-9,13,16,18H,3-5,10-12H2,1-2H3. The maximum absolute atomic E-state index is 3.65. The van der Waals surface area contributed by atoms with Crippen LogP contribution in [0.15, 0.2) is 28.7 Å². The van der Waals surface area contributed by atoms with Gasteiger partial charge < -0.3 is 5.32 Å². The van der Waals surface area contributed by atoms with E-state index in [1.54, 1.807) is 0 Å². The van der Waals surface area contributed by atoms with Crippen LogP contribution in [0.3, 0.4) is 0 Å². The van der Waals surface area contributed by atoms with Crippen LogP contribution in [0, 0.1) is 0 Å². The molecular formula is C16H25BrN2. The molecule has 1 aromatic carbocycles. The van der Waals surface area contributed by atoms with Crippen LogP contribution < -0.4 is 5.32 Å². The first kappa shape index (κ1) is 15.0. The molecular weight excluding hydrogens is 300 g/mol. The van der Waals surface area contributed by atoms with Gasteiger partial charge in [0.25, 0.3) is 0 Å². The predicted octanol–water partition coefficient (Wildman–Crippen LogP) is 3.80. The van der Waals surface area contributed by atoms with E-state index in [2.05, 4.69) is 64.3 Å². The highest BCUT2D eigenvalue weighted by molar-refractivity contribution is 9.10. The number of piperidine rings is 1. The van der Waals surface area contributed by atoms with Crippen LogP contribution in [0.2, 0.25) is 0 Å². The summed E-state index contributed by atoms with van der Waals surface area (Å²) in [6, 6.07) is 9.96. The first-order chi connectivity index (χ1) is 9.15. The van der Waals surface area contributed by atoms with Crippen molar-refractivity contribution < 1.29 is 0 Å². The topological polar surface area (TPSA) is 15.3 Å². The van der Waals surface area contributed by atoms with Gasteiger partial charge in [-0.2, -0.15) is 0 Å². The second-order valence-electron chi connectivity index (χ2n) is 5.80. The second kappa shape index (κ2) is 7.41. The highest BCUT2D eigenvalue weighted by Crippen LogP contribution is 2.15. The Balaban J connectivity index is 1.93. The Morgan fingerprint density at radius 3 is 2.58 bits per heavy atom. The first-order valence-corrected chi connectivity index (χ1v) is 8.16. The Morgan fingerprint density at radius 2 is 2.00 bits per heavy atom. The van der Waals surface area contributed by atoms with Crippen molar-refractivity contribution in [3.63, 3.8) is 0 Å². The molecule has 0 aromatic heterocycles. The lowest BCUT2D eigenvalue weighted by Gasteiger charge is -2.33. The quantitative estimate of drug-likeness (QED) is 0.886. The van der Waals surface area contributed by atoms with Crippen LogP contribution in [0.4, 0.5) is 0 Å². The Bertz CT molecular complexity index is 369. The molecule has 1 aromatic rings. The van der Waals surface area contributed by atoms with E-state index in [1.807, 2.05) is 0 Å². The molecule has 1 fully saturated rings. The van der Waals surface area contributed by atoms with E-state index in [0.717, 1.165) is 17.6 Å². The summed E-state index contributed by atoms with van der Waals surface area (Å²) in [6.07, 6.45) is 4.04. The van der Waals surface area contributed by atoms with E-state index >= 15 is 0 Å². The van der Waals surface area contributed by atoms with Crippen LogP contribution in [0.5, 0.6) is 0 Å². The molecule has 0 saturated carbocycles. The average molecular weight is 325 g/mol. The molecule has 1 aliphatic rings. The normalized spacial score (nSPS) is 20.2. The number of nitrogens with zero attached hydrogens (tertiary/aromatic N) is 1. The smallest absolute Gasteiger partial charge is 0.0237 e. The Morgan fingerprint density at radius 1 is 1.26 bits per heavy atom. The van der Waals surface area contributed by atoms with Gasteiger partial charge in [0.05, 0.1) is 0 Å². The summed E-state index contributed by atoms with van der Waals surface area (Å²) in [7, 11) is 0. The summed E-state index contributed by atoms with van der Waals surface area (Å²) >= 11 is 3.50. The number of rotatable bonds is 5. The van der Waals surface area contributed by atoms with E-state index < -0.39 is 0 Å².